The topological polar surface area (TPSA) is 44.8 Å². The van der Waals surface area contributed by atoms with E-state index in [-0.39, 0.29) is 28.4 Å². The molecule has 0 aromatic carbocycles. The molecule has 1 saturated carbocycles. The molecular weight excluding hydrogens is 368 g/mol. The highest BCUT2D eigenvalue weighted by atomic mass is 28.4. The van der Waals surface area contributed by atoms with Crippen LogP contribution in [-0.2, 0) is 18.7 Å². The zero-order valence-corrected chi connectivity index (χ0v) is 19.9. The summed E-state index contributed by atoms with van der Waals surface area (Å²) in [6.45, 7) is 16.2. The number of methoxy groups -OCH3 is 1. The van der Waals surface area contributed by atoms with Crippen molar-refractivity contribution < 1.29 is 18.7 Å². The first kappa shape index (κ1) is 21.9. The minimum Gasteiger partial charge on any atom is -0.410 e. The van der Waals surface area contributed by atoms with Crippen molar-refractivity contribution in [3.8, 4) is 0 Å². The van der Waals surface area contributed by atoms with Crippen molar-refractivity contribution in [3.05, 3.63) is 23.3 Å². The van der Waals surface area contributed by atoms with Crippen LogP contribution in [0.5, 0.6) is 0 Å². The van der Waals surface area contributed by atoms with Gasteiger partial charge in [0.15, 0.2) is 14.1 Å². The second kappa shape index (κ2) is 7.49. The maximum atomic E-state index is 12.5. The van der Waals surface area contributed by atoms with Gasteiger partial charge in [0.1, 0.15) is 6.79 Å². The molecule has 3 aliphatic carbocycles. The van der Waals surface area contributed by atoms with E-state index in [1.165, 1.54) is 11.1 Å². The molecule has 5 heteroatoms. The smallest absolute Gasteiger partial charge is 0.192 e. The summed E-state index contributed by atoms with van der Waals surface area (Å²) >= 11 is 0. The van der Waals surface area contributed by atoms with Crippen LogP contribution in [0.3, 0.4) is 0 Å². The van der Waals surface area contributed by atoms with Crippen LogP contribution >= 0.6 is 0 Å². The molecule has 0 aromatic heterocycles. The Morgan fingerprint density at radius 1 is 1.29 bits per heavy atom. The Kier molecular flexibility index (Phi) is 5.87. The minimum absolute atomic E-state index is 0.0122. The predicted octanol–water partition coefficient (Wildman–Crippen LogP) is 5.26. The Morgan fingerprint density at radius 3 is 2.57 bits per heavy atom. The first-order valence-electron chi connectivity index (χ1n) is 10.6. The van der Waals surface area contributed by atoms with E-state index in [1.807, 2.05) is 6.08 Å². The van der Waals surface area contributed by atoms with Crippen molar-refractivity contribution in [1.29, 1.82) is 0 Å². The number of hydrogen-bond acceptors (Lipinski definition) is 4. The Hall–Kier alpha value is -0.753. The molecule has 0 bridgehead atoms. The second-order valence-electron chi connectivity index (χ2n) is 10.7. The third-order valence-electron chi connectivity index (χ3n) is 7.83. The standard InChI is InChI=1S/C23H38O4Si/c1-15-9-10-18-17(21(15)26-14-25-6)12-20(27-28(7,8)22(2,3)4)19-11-16(24)13-23(18,19)5/h9,11,17-18,20-21H,10,12-14H2,1-8H3/t17-,18+,20+,21-,23-/m1/s1. The number of allylic oxidation sites excluding steroid dienone is 2. The van der Waals surface area contributed by atoms with Gasteiger partial charge < -0.3 is 13.9 Å². The van der Waals surface area contributed by atoms with Crippen molar-refractivity contribution in [2.45, 2.75) is 84.2 Å². The second-order valence-corrected chi connectivity index (χ2v) is 15.5. The maximum absolute atomic E-state index is 12.5. The summed E-state index contributed by atoms with van der Waals surface area (Å²) in [4.78, 5) is 12.5. The van der Waals surface area contributed by atoms with Gasteiger partial charge in [0, 0.05) is 18.9 Å². The van der Waals surface area contributed by atoms with E-state index in [0.717, 1.165) is 12.8 Å². The zero-order chi connectivity index (χ0) is 20.9. The summed E-state index contributed by atoms with van der Waals surface area (Å²) in [7, 11) is -0.292. The van der Waals surface area contributed by atoms with Crippen LogP contribution in [0, 0.1) is 17.3 Å². The fourth-order valence-corrected chi connectivity index (χ4v) is 6.53. The zero-order valence-electron chi connectivity index (χ0n) is 18.9. The Labute approximate surface area is 171 Å². The Morgan fingerprint density at radius 2 is 1.96 bits per heavy atom. The molecule has 158 valence electrons. The SMILES string of the molecule is COCO[C@@H]1C(C)=CC[C@H]2[C@H]1C[C@H](O[Si](C)(C)C(C)(C)C)C1=CC(=O)C[C@@]12C. The lowest BCUT2D eigenvalue weighted by Gasteiger charge is -2.54. The highest BCUT2D eigenvalue weighted by Crippen LogP contribution is 2.59. The van der Waals surface area contributed by atoms with Crippen LogP contribution in [0.4, 0.5) is 0 Å². The number of ketones is 1. The largest absolute Gasteiger partial charge is 0.410 e. The lowest BCUT2D eigenvalue weighted by atomic mass is 9.55. The highest BCUT2D eigenvalue weighted by molar-refractivity contribution is 6.74. The van der Waals surface area contributed by atoms with Crippen molar-refractivity contribution in [2.24, 2.45) is 17.3 Å². The summed E-state index contributed by atoms with van der Waals surface area (Å²) in [6.07, 6.45) is 6.80. The lowest BCUT2D eigenvalue weighted by molar-refractivity contribution is -0.121. The van der Waals surface area contributed by atoms with E-state index in [9.17, 15) is 4.79 Å². The average Bonchev–Trinajstić information content (AvgIpc) is 2.88. The van der Waals surface area contributed by atoms with Gasteiger partial charge in [0.05, 0.1) is 12.2 Å². The van der Waals surface area contributed by atoms with Crippen LogP contribution in [0.2, 0.25) is 18.1 Å². The van der Waals surface area contributed by atoms with Crippen molar-refractivity contribution in [1.82, 2.24) is 0 Å². The molecule has 28 heavy (non-hydrogen) atoms. The van der Waals surface area contributed by atoms with Gasteiger partial charge in [-0.1, -0.05) is 33.8 Å². The van der Waals surface area contributed by atoms with Gasteiger partial charge in [-0.25, -0.2) is 0 Å². The number of ether oxygens (including phenoxy) is 2. The molecule has 0 heterocycles. The van der Waals surface area contributed by atoms with Gasteiger partial charge in [-0.3, -0.25) is 4.79 Å². The van der Waals surface area contributed by atoms with Gasteiger partial charge in [-0.2, -0.15) is 0 Å². The molecule has 3 rings (SSSR count). The van der Waals surface area contributed by atoms with Crippen LogP contribution in [0.25, 0.3) is 0 Å². The Bertz CT molecular complexity index is 687. The van der Waals surface area contributed by atoms with Crippen LogP contribution in [0.1, 0.15) is 53.9 Å². The van der Waals surface area contributed by atoms with Crippen LogP contribution in [0.15, 0.2) is 23.3 Å². The van der Waals surface area contributed by atoms with Crippen LogP contribution in [-0.4, -0.2) is 40.2 Å². The Balaban J connectivity index is 1.97. The van der Waals surface area contributed by atoms with Gasteiger partial charge in [-0.15, -0.1) is 0 Å². The first-order chi connectivity index (χ1) is 12.9. The van der Waals surface area contributed by atoms with E-state index >= 15 is 0 Å². The van der Waals surface area contributed by atoms with Crippen LogP contribution < -0.4 is 0 Å². The quantitative estimate of drug-likeness (QED) is 0.355. The lowest BCUT2D eigenvalue weighted by Crippen LogP contribution is -2.53. The molecule has 3 aliphatic rings. The summed E-state index contributed by atoms with van der Waals surface area (Å²) in [6, 6.07) is 0. The number of fused-ring (bicyclic) bond motifs is 3. The molecule has 0 radical (unpaired) electrons. The normalized spacial score (nSPS) is 35.9. The number of carbonyl (C=O) groups excluding carboxylic acids is 1. The molecule has 1 fully saturated rings. The highest BCUT2D eigenvalue weighted by Gasteiger charge is 2.56. The van der Waals surface area contributed by atoms with Crippen molar-refractivity contribution >= 4 is 14.1 Å². The summed E-state index contributed by atoms with van der Waals surface area (Å²) in [5, 5.41) is 0.137. The van der Waals surface area contributed by atoms with E-state index in [0.29, 0.717) is 25.0 Å². The molecule has 0 saturated heterocycles. The van der Waals surface area contributed by atoms with E-state index in [2.05, 4.69) is 53.8 Å². The summed E-state index contributed by atoms with van der Waals surface area (Å²) in [5.41, 5.74) is 2.39. The molecular formula is C23H38O4Si. The van der Waals surface area contributed by atoms with Gasteiger partial charge in [0.25, 0.3) is 0 Å². The number of rotatable bonds is 5. The van der Waals surface area contributed by atoms with Gasteiger partial charge in [0.2, 0.25) is 0 Å². The minimum atomic E-state index is -1.96. The van der Waals surface area contributed by atoms with E-state index in [1.54, 1.807) is 7.11 Å². The third kappa shape index (κ3) is 3.71. The van der Waals surface area contributed by atoms with E-state index in [4.69, 9.17) is 13.9 Å². The molecule has 0 amide bonds. The van der Waals surface area contributed by atoms with Crippen molar-refractivity contribution in [3.63, 3.8) is 0 Å². The molecule has 0 unspecified atom stereocenters. The molecule has 0 spiro atoms. The number of carbonyl (C=O) groups is 1. The summed E-state index contributed by atoms with van der Waals surface area (Å²) in [5.74, 6) is 1.01. The monoisotopic (exact) mass is 406 g/mol. The summed E-state index contributed by atoms with van der Waals surface area (Å²) < 4.78 is 18.3. The third-order valence-corrected chi connectivity index (χ3v) is 12.3. The van der Waals surface area contributed by atoms with Crippen molar-refractivity contribution in [2.75, 3.05) is 13.9 Å². The van der Waals surface area contributed by atoms with Gasteiger partial charge in [-0.05, 0) is 67.0 Å². The molecule has 0 N–H and O–H groups in total. The average molecular weight is 407 g/mol. The molecule has 0 aliphatic heterocycles. The molecule has 4 nitrogen and oxygen atoms in total. The van der Waals surface area contributed by atoms with E-state index < -0.39 is 8.32 Å². The number of hydrogen-bond donors (Lipinski definition) is 0. The first-order valence-corrected chi connectivity index (χ1v) is 13.5. The van der Waals surface area contributed by atoms with Gasteiger partial charge >= 0.3 is 0 Å². The fraction of sp³-hybridized carbons (Fsp3) is 0.783. The maximum Gasteiger partial charge on any atom is 0.192 e. The predicted molar refractivity (Wildman–Crippen MR) is 115 cm³/mol. The fourth-order valence-electron chi connectivity index (χ4n) is 5.25. The molecule has 0 aromatic rings. The molecule has 5 atom stereocenters.